The van der Waals surface area contributed by atoms with Crippen LogP contribution in [0.1, 0.15) is 25.7 Å². The van der Waals surface area contributed by atoms with Crippen LogP contribution in [0.2, 0.25) is 0 Å². The summed E-state index contributed by atoms with van der Waals surface area (Å²) in [6, 6.07) is 0. The van der Waals surface area contributed by atoms with Crippen LogP contribution in [0.4, 0.5) is 0 Å². The van der Waals surface area contributed by atoms with E-state index in [0.29, 0.717) is 4.83 Å². The van der Waals surface area contributed by atoms with E-state index in [-0.39, 0.29) is 5.54 Å². The van der Waals surface area contributed by atoms with Gasteiger partial charge in [0.2, 0.25) is 0 Å². The van der Waals surface area contributed by atoms with Gasteiger partial charge in [0.25, 0.3) is 0 Å². The molecule has 0 heterocycles. The first-order valence-electron chi connectivity index (χ1n) is 3.64. The molecule has 2 fully saturated rings. The van der Waals surface area contributed by atoms with Crippen molar-refractivity contribution in [3.8, 4) is 0 Å². The molecule has 0 amide bonds. The lowest BCUT2D eigenvalue weighted by molar-refractivity contribution is 0.436. The van der Waals surface area contributed by atoms with Crippen LogP contribution < -0.4 is 5.73 Å². The number of halogens is 1. The lowest BCUT2D eigenvalue weighted by Gasteiger charge is -2.26. The van der Waals surface area contributed by atoms with Crippen LogP contribution in [0.3, 0.4) is 0 Å². The van der Waals surface area contributed by atoms with Crippen molar-refractivity contribution in [2.75, 3.05) is 0 Å². The summed E-state index contributed by atoms with van der Waals surface area (Å²) < 4.78 is 0. The molecule has 0 saturated heterocycles. The molecule has 2 aliphatic rings. The monoisotopic (exact) mass is 189 g/mol. The van der Waals surface area contributed by atoms with Crippen LogP contribution in [0.15, 0.2) is 0 Å². The molecule has 2 N–H and O–H groups in total. The van der Waals surface area contributed by atoms with Crippen LogP contribution in [0.25, 0.3) is 0 Å². The molecular formula is C7H12BrN. The Kier molecular flexibility index (Phi) is 1.18. The van der Waals surface area contributed by atoms with Crippen LogP contribution in [0.5, 0.6) is 0 Å². The zero-order chi connectivity index (χ0) is 6.48. The van der Waals surface area contributed by atoms with Crippen LogP contribution in [0, 0.1) is 5.92 Å². The van der Waals surface area contributed by atoms with E-state index < -0.39 is 0 Å². The number of fused-ring (bicyclic) bond motifs is 2. The second-order valence-corrected chi connectivity index (χ2v) is 4.65. The van der Waals surface area contributed by atoms with Crippen molar-refractivity contribution >= 4 is 15.9 Å². The molecule has 0 aromatic carbocycles. The summed E-state index contributed by atoms with van der Waals surface area (Å²) in [6.07, 6.45) is 5.20. The first-order valence-corrected chi connectivity index (χ1v) is 4.55. The molecule has 2 rings (SSSR count). The molecule has 0 aromatic rings. The lowest BCUT2D eigenvalue weighted by atomic mass is 9.95. The average molecular weight is 190 g/mol. The van der Waals surface area contributed by atoms with E-state index in [9.17, 15) is 0 Å². The topological polar surface area (TPSA) is 26.0 Å². The standard InChI is InChI=1S/C7H12BrN/c8-6-3-5-1-2-7(6,9)4-5/h5-6H,1-4,9H2/t5-,6+,7+/m0/s1. The summed E-state index contributed by atoms with van der Waals surface area (Å²) in [4.78, 5) is 0.615. The number of rotatable bonds is 0. The van der Waals surface area contributed by atoms with Gasteiger partial charge in [-0.05, 0) is 31.6 Å². The molecule has 0 aliphatic heterocycles. The number of hydrogen-bond acceptors (Lipinski definition) is 1. The van der Waals surface area contributed by atoms with Crippen molar-refractivity contribution < 1.29 is 0 Å². The first-order chi connectivity index (χ1) is 4.21. The Bertz CT molecular complexity index is 137. The van der Waals surface area contributed by atoms with Gasteiger partial charge in [0.05, 0.1) is 0 Å². The molecule has 1 nitrogen and oxygen atoms in total. The minimum Gasteiger partial charge on any atom is -0.324 e. The fraction of sp³-hybridized carbons (Fsp3) is 1.00. The fourth-order valence-electron chi connectivity index (χ4n) is 2.23. The second-order valence-electron chi connectivity index (χ2n) is 3.55. The molecule has 0 radical (unpaired) electrons. The highest BCUT2D eigenvalue weighted by molar-refractivity contribution is 9.09. The summed E-state index contributed by atoms with van der Waals surface area (Å²) in [5, 5.41) is 0. The molecule has 0 aromatic heterocycles. The van der Waals surface area contributed by atoms with Crippen molar-refractivity contribution in [1.82, 2.24) is 0 Å². The van der Waals surface area contributed by atoms with Gasteiger partial charge in [-0.25, -0.2) is 0 Å². The van der Waals surface area contributed by atoms with Crippen molar-refractivity contribution in [3.05, 3.63) is 0 Å². The Morgan fingerprint density at radius 3 is 2.56 bits per heavy atom. The maximum absolute atomic E-state index is 6.10. The minimum atomic E-state index is 0.185. The summed E-state index contributed by atoms with van der Waals surface area (Å²) in [5.41, 5.74) is 6.28. The Balaban J connectivity index is 2.22. The highest BCUT2D eigenvalue weighted by Crippen LogP contribution is 2.49. The van der Waals surface area contributed by atoms with Gasteiger partial charge in [-0.2, -0.15) is 0 Å². The van der Waals surface area contributed by atoms with Gasteiger partial charge in [-0.1, -0.05) is 15.9 Å². The molecule has 2 bridgehead atoms. The van der Waals surface area contributed by atoms with Gasteiger partial charge in [-0.15, -0.1) is 0 Å². The average Bonchev–Trinajstić information content (AvgIpc) is 2.22. The zero-order valence-electron chi connectivity index (χ0n) is 5.44. The van der Waals surface area contributed by atoms with E-state index in [1.807, 2.05) is 0 Å². The van der Waals surface area contributed by atoms with Crippen molar-refractivity contribution in [3.63, 3.8) is 0 Å². The quantitative estimate of drug-likeness (QED) is 0.577. The van der Waals surface area contributed by atoms with Gasteiger partial charge in [0, 0.05) is 10.4 Å². The predicted molar refractivity (Wildman–Crippen MR) is 41.6 cm³/mol. The van der Waals surface area contributed by atoms with E-state index in [2.05, 4.69) is 15.9 Å². The third-order valence-electron chi connectivity index (χ3n) is 2.85. The summed E-state index contributed by atoms with van der Waals surface area (Å²) in [5.74, 6) is 0.944. The Morgan fingerprint density at radius 1 is 1.56 bits per heavy atom. The molecule has 2 heteroatoms. The fourth-order valence-corrected chi connectivity index (χ4v) is 3.17. The number of hydrogen-bond donors (Lipinski definition) is 1. The van der Waals surface area contributed by atoms with Gasteiger partial charge in [-0.3, -0.25) is 0 Å². The van der Waals surface area contributed by atoms with Gasteiger partial charge < -0.3 is 5.73 Å². The highest BCUT2D eigenvalue weighted by Gasteiger charge is 2.48. The summed E-state index contributed by atoms with van der Waals surface area (Å²) in [6.45, 7) is 0. The van der Waals surface area contributed by atoms with Gasteiger partial charge in [0.15, 0.2) is 0 Å². The number of nitrogens with two attached hydrogens (primary N) is 1. The second kappa shape index (κ2) is 1.73. The Hall–Kier alpha value is 0.440. The van der Waals surface area contributed by atoms with Crippen molar-refractivity contribution in [2.45, 2.75) is 36.0 Å². The van der Waals surface area contributed by atoms with Gasteiger partial charge in [0.1, 0.15) is 0 Å². The normalized spacial score (nSPS) is 56.7. The van der Waals surface area contributed by atoms with Crippen molar-refractivity contribution in [1.29, 1.82) is 0 Å². The SMILES string of the molecule is N[C@@]12CC[C@@H](C[C@H]1Br)C2. The molecule has 0 unspecified atom stereocenters. The smallest absolute Gasteiger partial charge is 0.0328 e. The molecule has 0 spiro atoms. The summed E-state index contributed by atoms with van der Waals surface area (Å²) >= 11 is 3.63. The third kappa shape index (κ3) is 0.761. The zero-order valence-corrected chi connectivity index (χ0v) is 7.02. The predicted octanol–water partition coefficient (Wildman–Crippen LogP) is 1.65. The van der Waals surface area contributed by atoms with Crippen LogP contribution in [-0.2, 0) is 0 Å². The van der Waals surface area contributed by atoms with E-state index >= 15 is 0 Å². The molecule has 2 aliphatic carbocycles. The molecule has 2 saturated carbocycles. The molecule has 9 heavy (non-hydrogen) atoms. The maximum Gasteiger partial charge on any atom is 0.0328 e. The molecule has 52 valence electrons. The Morgan fingerprint density at radius 2 is 2.33 bits per heavy atom. The largest absolute Gasteiger partial charge is 0.324 e. The lowest BCUT2D eigenvalue weighted by Crippen LogP contribution is -2.42. The number of alkyl halides is 1. The van der Waals surface area contributed by atoms with Crippen LogP contribution in [-0.4, -0.2) is 10.4 Å². The molecule has 3 atom stereocenters. The van der Waals surface area contributed by atoms with Gasteiger partial charge >= 0.3 is 0 Å². The van der Waals surface area contributed by atoms with E-state index in [1.165, 1.54) is 25.7 Å². The van der Waals surface area contributed by atoms with E-state index in [1.54, 1.807) is 0 Å². The maximum atomic E-state index is 6.10. The first kappa shape index (κ1) is 6.17. The third-order valence-corrected chi connectivity index (χ3v) is 4.14. The summed E-state index contributed by atoms with van der Waals surface area (Å²) in [7, 11) is 0. The van der Waals surface area contributed by atoms with E-state index in [4.69, 9.17) is 5.73 Å². The molecular weight excluding hydrogens is 178 g/mol. The van der Waals surface area contributed by atoms with Crippen LogP contribution >= 0.6 is 15.9 Å². The Labute approximate surface area is 64.1 Å². The van der Waals surface area contributed by atoms with Crippen molar-refractivity contribution in [2.24, 2.45) is 11.7 Å². The highest BCUT2D eigenvalue weighted by atomic mass is 79.9. The van der Waals surface area contributed by atoms with E-state index in [0.717, 1.165) is 5.92 Å². The minimum absolute atomic E-state index is 0.185.